The fourth-order valence-corrected chi connectivity index (χ4v) is 0.765. The Bertz CT molecular complexity index is 161. The van der Waals surface area contributed by atoms with Gasteiger partial charge >= 0.3 is 0 Å². The van der Waals surface area contributed by atoms with Gasteiger partial charge in [0.05, 0.1) is 6.54 Å². The molecule has 2 atom stereocenters. The molecule has 11 heavy (non-hydrogen) atoms. The molecule has 66 valence electrons. The van der Waals surface area contributed by atoms with Crippen molar-refractivity contribution >= 4 is 16.7 Å². The highest BCUT2D eigenvalue weighted by molar-refractivity contribution is 7.84. The molecule has 5 heteroatoms. The van der Waals surface area contributed by atoms with Crippen molar-refractivity contribution in [1.82, 2.24) is 5.32 Å². The number of nitrogens with two attached hydrogens (primary N) is 1. The summed E-state index contributed by atoms with van der Waals surface area (Å²) < 4.78 is 10.8. The summed E-state index contributed by atoms with van der Waals surface area (Å²) in [4.78, 5) is 10.6. The van der Waals surface area contributed by atoms with E-state index in [0.717, 1.165) is 0 Å². The zero-order chi connectivity index (χ0) is 8.85. The van der Waals surface area contributed by atoms with E-state index in [1.54, 1.807) is 6.26 Å². The Morgan fingerprint density at radius 2 is 2.27 bits per heavy atom. The van der Waals surface area contributed by atoms with Gasteiger partial charge in [0.25, 0.3) is 0 Å². The molecule has 0 aliphatic heterocycles. The summed E-state index contributed by atoms with van der Waals surface area (Å²) in [6, 6.07) is 0. The first kappa shape index (κ1) is 10.6. The Balaban J connectivity index is 3.54. The molecule has 0 fully saturated rings. The third kappa shape index (κ3) is 4.92. The molecule has 0 aromatic carbocycles. The van der Waals surface area contributed by atoms with Crippen LogP contribution in [0.2, 0.25) is 0 Å². The van der Waals surface area contributed by atoms with Crippen molar-refractivity contribution in [2.75, 3.05) is 19.3 Å². The van der Waals surface area contributed by atoms with Gasteiger partial charge in [-0.1, -0.05) is 0 Å². The molecule has 1 amide bonds. The van der Waals surface area contributed by atoms with Crippen LogP contribution in [0.1, 0.15) is 6.92 Å². The van der Waals surface area contributed by atoms with E-state index in [1.165, 1.54) is 0 Å². The monoisotopic (exact) mass is 178 g/mol. The van der Waals surface area contributed by atoms with E-state index in [4.69, 9.17) is 5.73 Å². The van der Waals surface area contributed by atoms with Gasteiger partial charge in [0.2, 0.25) is 5.91 Å². The van der Waals surface area contributed by atoms with Crippen LogP contribution in [-0.2, 0) is 15.6 Å². The van der Waals surface area contributed by atoms with E-state index < -0.39 is 10.8 Å². The number of hydrogen-bond acceptors (Lipinski definition) is 3. The highest BCUT2D eigenvalue weighted by atomic mass is 32.2. The highest BCUT2D eigenvalue weighted by Crippen LogP contribution is 1.88. The molecule has 0 heterocycles. The van der Waals surface area contributed by atoms with Crippen LogP contribution >= 0.6 is 0 Å². The van der Waals surface area contributed by atoms with Gasteiger partial charge in [-0.3, -0.25) is 9.00 Å². The fourth-order valence-electron chi connectivity index (χ4n) is 0.447. The minimum atomic E-state index is -0.884. The number of hydrogen-bond donors (Lipinski definition) is 2. The maximum atomic E-state index is 10.8. The van der Waals surface area contributed by atoms with Crippen LogP contribution in [0.3, 0.4) is 0 Å². The third-order valence-corrected chi connectivity index (χ3v) is 2.64. The van der Waals surface area contributed by atoms with Gasteiger partial charge in [-0.05, 0) is 6.92 Å². The van der Waals surface area contributed by atoms with Gasteiger partial charge in [-0.15, -0.1) is 0 Å². The summed E-state index contributed by atoms with van der Waals surface area (Å²) in [5, 5.41) is 2.55. The molecule has 0 radical (unpaired) electrons. The van der Waals surface area contributed by atoms with Crippen molar-refractivity contribution < 1.29 is 9.00 Å². The second kappa shape index (κ2) is 5.26. The van der Waals surface area contributed by atoms with Gasteiger partial charge in [0.1, 0.15) is 0 Å². The van der Waals surface area contributed by atoms with Crippen molar-refractivity contribution in [2.45, 2.75) is 12.2 Å². The van der Waals surface area contributed by atoms with Crippen LogP contribution in [0, 0.1) is 0 Å². The second-order valence-electron chi connectivity index (χ2n) is 2.32. The molecule has 0 aromatic heterocycles. The summed E-state index contributed by atoms with van der Waals surface area (Å²) in [6.07, 6.45) is 1.61. The molecule has 0 aliphatic carbocycles. The van der Waals surface area contributed by atoms with E-state index >= 15 is 0 Å². The summed E-state index contributed by atoms with van der Waals surface area (Å²) in [7, 11) is -0.884. The maximum absolute atomic E-state index is 10.8. The molecule has 0 aromatic rings. The molecule has 0 spiro atoms. The minimum absolute atomic E-state index is 0.00880. The van der Waals surface area contributed by atoms with Crippen LogP contribution in [0.15, 0.2) is 0 Å². The SMILES string of the molecule is CC(CNC(=O)CN)S(C)=O. The molecular weight excluding hydrogens is 164 g/mol. The number of carbonyl (C=O) groups is 1. The lowest BCUT2D eigenvalue weighted by Crippen LogP contribution is -2.36. The average Bonchev–Trinajstić information content (AvgIpc) is 1.99. The van der Waals surface area contributed by atoms with Gasteiger partial charge in [0, 0.05) is 28.9 Å². The van der Waals surface area contributed by atoms with Crippen molar-refractivity contribution in [3.63, 3.8) is 0 Å². The largest absolute Gasteiger partial charge is 0.354 e. The molecular formula is C6H14N2O2S. The minimum Gasteiger partial charge on any atom is -0.354 e. The third-order valence-electron chi connectivity index (χ3n) is 1.34. The first-order valence-corrected chi connectivity index (χ1v) is 4.99. The van der Waals surface area contributed by atoms with E-state index in [2.05, 4.69) is 5.32 Å². The van der Waals surface area contributed by atoms with E-state index in [1.807, 2.05) is 6.92 Å². The Morgan fingerprint density at radius 3 is 2.64 bits per heavy atom. The topological polar surface area (TPSA) is 72.2 Å². The zero-order valence-corrected chi connectivity index (χ0v) is 7.61. The Morgan fingerprint density at radius 1 is 1.73 bits per heavy atom. The first-order chi connectivity index (χ1) is 5.07. The predicted octanol–water partition coefficient (Wildman–Crippen LogP) is -1.17. The van der Waals surface area contributed by atoms with Crippen LogP contribution in [0.5, 0.6) is 0 Å². The lowest BCUT2D eigenvalue weighted by atomic mass is 10.4. The van der Waals surface area contributed by atoms with E-state index in [9.17, 15) is 9.00 Å². The number of carbonyl (C=O) groups excluding carboxylic acids is 1. The first-order valence-electron chi connectivity index (χ1n) is 3.37. The number of nitrogens with one attached hydrogen (secondary N) is 1. The molecule has 3 N–H and O–H groups in total. The number of rotatable bonds is 4. The lowest BCUT2D eigenvalue weighted by Gasteiger charge is -2.08. The molecule has 2 unspecified atom stereocenters. The van der Waals surface area contributed by atoms with Crippen LogP contribution in [0.4, 0.5) is 0 Å². The van der Waals surface area contributed by atoms with Gasteiger partial charge < -0.3 is 11.1 Å². The standard InChI is InChI=1S/C6H14N2O2S/c1-5(11(2)10)4-8-6(9)3-7/h5H,3-4,7H2,1-2H3,(H,8,9). The summed E-state index contributed by atoms with van der Waals surface area (Å²) in [5.41, 5.74) is 5.05. The summed E-state index contributed by atoms with van der Waals surface area (Å²) in [5.74, 6) is -0.206. The Labute approximate surface area is 69.0 Å². The van der Waals surface area contributed by atoms with E-state index in [0.29, 0.717) is 6.54 Å². The Kier molecular flexibility index (Phi) is 5.06. The van der Waals surface area contributed by atoms with Gasteiger partial charge in [0.15, 0.2) is 0 Å². The van der Waals surface area contributed by atoms with Crippen molar-refractivity contribution in [2.24, 2.45) is 5.73 Å². The molecule has 0 saturated heterocycles. The quantitative estimate of drug-likeness (QED) is 0.569. The molecule has 0 aliphatic rings. The maximum Gasteiger partial charge on any atom is 0.233 e. The van der Waals surface area contributed by atoms with Crippen molar-refractivity contribution in [3.8, 4) is 0 Å². The van der Waals surface area contributed by atoms with Crippen LogP contribution in [-0.4, -0.2) is 34.7 Å². The smallest absolute Gasteiger partial charge is 0.233 e. The Hall–Kier alpha value is -0.420. The summed E-state index contributed by atoms with van der Waals surface area (Å²) in [6.45, 7) is 2.23. The predicted molar refractivity (Wildman–Crippen MR) is 45.6 cm³/mol. The lowest BCUT2D eigenvalue weighted by molar-refractivity contribution is -0.119. The van der Waals surface area contributed by atoms with Gasteiger partial charge in [-0.25, -0.2) is 0 Å². The van der Waals surface area contributed by atoms with Crippen LogP contribution < -0.4 is 11.1 Å². The van der Waals surface area contributed by atoms with E-state index in [-0.39, 0.29) is 17.7 Å². The van der Waals surface area contributed by atoms with Gasteiger partial charge in [-0.2, -0.15) is 0 Å². The zero-order valence-electron chi connectivity index (χ0n) is 6.79. The number of amides is 1. The van der Waals surface area contributed by atoms with Crippen LogP contribution in [0.25, 0.3) is 0 Å². The normalized spacial score (nSPS) is 15.5. The second-order valence-corrected chi connectivity index (χ2v) is 4.12. The fraction of sp³-hybridized carbons (Fsp3) is 0.833. The van der Waals surface area contributed by atoms with Crippen molar-refractivity contribution in [1.29, 1.82) is 0 Å². The average molecular weight is 178 g/mol. The molecule has 0 saturated carbocycles. The highest BCUT2D eigenvalue weighted by Gasteiger charge is 2.06. The molecule has 0 rings (SSSR count). The summed E-state index contributed by atoms with van der Waals surface area (Å²) >= 11 is 0. The molecule has 0 bridgehead atoms. The van der Waals surface area contributed by atoms with Crippen molar-refractivity contribution in [3.05, 3.63) is 0 Å². The molecule has 4 nitrogen and oxygen atoms in total.